The molecule has 0 aromatic heterocycles. The van der Waals surface area contributed by atoms with Crippen molar-refractivity contribution in [2.24, 2.45) is 0 Å². The number of hydrogen-bond acceptors (Lipinski definition) is 3. The molecule has 138 valence electrons. The standard InChI is InChI=1S/C18H18ClFN2O3S/c1-12-4-6-14(11-15(12)18(23)22-8-2-3-9-22)26(24,25)21-13-5-7-17(20)16(19)10-13/h4-7,10-11,21H,2-3,8-9H2,1H3. The lowest BCUT2D eigenvalue weighted by Crippen LogP contribution is -2.28. The smallest absolute Gasteiger partial charge is 0.261 e. The summed E-state index contributed by atoms with van der Waals surface area (Å²) >= 11 is 5.69. The molecule has 0 bridgehead atoms. The Morgan fingerprint density at radius 2 is 1.85 bits per heavy atom. The predicted molar refractivity (Wildman–Crippen MR) is 98.5 cm³/mol. The number of nitrogens with zero attached hydrogens (tertiary/aromatic N) is 1. The monoisotopic (exact) mass is 396 g/mol. The first kappa shape index (κ1) is 18.7. The van der Waals surface area contributed by atoms with Gasteiger partial charge in [0.1, 0.15) is 5.82 Å². The lowest BCUT2D eigenvalue weighted by Gasteiger charge is -2.17. The molecule has 0 atom stereocenters. The van der Waals surface area contributed by atoms with Crippen LogP contribution in [-0.4, -0.2) is 32.3 Å². The minimum atomic E-state index is -3.94. The number of carbonyl (C=O) groups is 1. The Morgan fingerprint density at radius 1 is 1.15 bits per heavy atom. The molecule has 1 saturated heterocycles. The van der Waals surface area contributed by atoms with Crippen LogP contribution in [0.3, 0.4) is 0 Å². The van der Waals surface area contributed by atoms with Crippen LogP contribution in [0.4, 0.5) is 10.1 Å². The molecule has 0 saturated carbocycles. The van der Waals surface area contributed by atoms with Crippen LogP contribution < -0.4 is 4.72 Å². The second kappa shape index (κ2) is 7.25. The maximum absolute atomic E-state index is 13.2. The highest BCUT2D eigenvalue weighted by molar-refractivity contribution is 7.92. The van der Waals surface area contributed by atoms with E-state index in [9.17, 15) is 17.6 Å². The van der Waals surface area contributed by atoms with Crippen molar-refractivity contribution in [3.63, 3.8) is 0 Å². The number of carbonyl (C=O) groups excluding carboxylic acids is 1. The SMILES string of the molecule is Cc1ccc(S(=O)(=O)Nc2ccc(F)c(Cl)c2)cc1C(=O)N1CCCC1. The lowest BCUT2D eigenvalue weighted by atomic mass is 10.1. The molecule has 1 heterocycles. The van der Waals surface area contributed by atoms with Gasteiger partial charge in [0.15, 0.2) is 0 Å². The van der Waals surface area contributed by atoms with E-state index in [2.05, 4.69) is 4.72 Å². The van der Waals surface area contributed by atoms with Crippen LogP contribution in [0.15, 0.2) is 41.3 Å². The summed E-state index contributed by atoms with van der Waals surface area (Å²) in [5.74, 6) is -0.801. The van der Waals surface area contributed by atoms with E-state index in [0.717, 1.165) is 18.9 Å². The first-order valence-electron chi connectivity index (χ1n) is 8.16. The third-order valence-electron chi connectivity index (χ3n) is 4.31. The summed E-state index contributed by atoms with van der Waals surface area (Å²) in [5, 5.41) is -0.181. The maximum Gasteiger partial charge on any atom is 0.261 e. The van der Waals surface area contributed by atoms with Gasteiger partial charge in [-0.1, -0.05) is 17.7 Å². The molecule has 2 aromatic rings. The van der Waals surface area contributed by atoms with E-state index in [1.165, 1.54) is 24.3 Å². The van der Waals surface area contributed by atoms with E-state index < -0.39 is 15.8 Å². The summed E-state index contributed by atoms with van der Waals surface area (Å²) in [6, 6.07) is 7.97. The van der Waals surface area contributed by atoms with Gasteiger partial charge in [0, 0.05) is 18.7 Å². The molecule has 5 nitrogen and oxygen atoms in total. The van der Waals surface area contributed by atoms with Crippen molar-refractivity contribution in [1.82, 2.24) is 4.90 Å². The highest BCUT2D eigenvalue weighted by atomic mass is 35.5. The maximum atomic E-state index is 13.2. The van der Waals surface area contributed by atoms with Gasteiger partial charge < -0.3 is 4.90 Å². The van der Waals surface area contributed by atoms with Crippen molar-refractivity contribution in [3.8, 4) is 0 Å². The number of benzene rings is 2. The first-order valence-corrected chi connectivity index (χ1v) is 10.0. The van der Waals surface area contributed by atoms with Crippen LogP contribution >= 0.6 is 11.6 Å². The lowest BCUT2D eigenvalue weighted by molar-refractivity contribution is 0.0792. The van der Waals surface area contributed by atoms with Crippen molar-refractivity contribution >= 4 is 33.2 Å². The van der Waals surface area contributed by atoms with E-state index in [1.54, 1.807) is 17.9 Å². The number of aryl methyl sites for hydroxylation is 1. The zero-order valence-corrected chi connectivity index (χ0v) is 15.7. The highest BCUT2D eigenvalue weighted by Crippen LogP contribution is 2.24. The summed E-state index contributed by atoms with van der Waals surface area (Å²) in [6.07, 6.45) is 1.91. The predicted octanol–water partition coefficient (Wildman–Crippen LogP) is 3.82. The molecule has 2 aromatic carbocycles. The normalized spacial score (nSPS) is 14.5. The van der Waals surface area contributed by atoms with E-state index in [0.29, 0.717) is 24.2 Å². The summed E-state index contributed by atoms with van der Waals surface area (Å²) in [4.78, 5) is 14.3. The fraction of sp³-hybridized carbons (Fsp3) is 0.278. The molecule has 26 heavy (non-hydrogen) atoms. The minimum absolute atomic E-state index is 0.0360. The number of likely N-dealkylation sites (tertiary alicyclic amines) is 1. The van der Waals surface area contributed by atoms with Gasteiger partial charge in [0.25, 0.3) is 15.9 Å². The molecular formula is C18H18ClFN2O3S. The molecule has 8 heteroatoms. The van der Waals surface area contributed by atoms with Gasteiger partial charge in [-0.15, -0.1) is 0 Å². The van der Waals surface area contributed by atoms with E-state index in [4.69, 9.17) is 11.6 Å². The van der Waals surface area contributed by atoms with Crippen molar-refractivity contribution in [3.05, 3.63) is 58.4 Å². The molecule has 1 N–H and O–H groups in total. The van der Waals surface area contributed by atoms with Gasteiger partial charge in [-0.3, -0.25) is 9.52 Å². The van der Waals surface area contributed by atoms with Gasteiger partial charge >= 0.3 is 0 Å². The first-order chi connectivity index (χ1) is 12.3. The number of rotatable bonds is 4. The fourth-order valence-corrected chi connectivity index (χ4v) is 4.12. The van der Waals surface area contributed by atoms with Crippen LogP contribution in [0.25, 0.3) is 0 Å². The molecule has 0 aliphatic carbocycles. The Morgan fingerprint density at radius 3 is 2.50 bits per heavy atom. The summed E-state index contributed by atoms with van der Waals surface area (Å²) in [7, 11) is -3.94. The van der Waals surface area contributed by atoms with Gasteiger partial charge in [-0.05, 0) is 55.7 Å². The third-order valence-corrected chi connectivity index (χ3v) is 5.98. The number of amides is 1. The Bertz CT molecular complexity index is 957. The highest BCUT2D eigenvalue weighted by Gasteiger charge is 2.23. The Kier molecular flexibility index (Phi) is 5.20. The number of nitrogens with one attached hydrogen (secondary N) is 1. The summed E-state index contributed by atoms with van der Waals surface area (Å²) < 4.78 is 40.9. The van der Waals surface area contributed by atoms with Crippen LogP contribution in [0.1, 0.15) is 28.8 Å². The molecule has 1 amide bonds. The number of sulfonamides is 1. The molecule has 3 rings (SSSR count). The number of hydrogen-bond donors (Lipinski definition) is 1. The quantitative estimate of drug-likeness (QED) is 0.854. The zero-order valence-electron chi connectivity index (χ0n) is 14.1. The Labute approximate surface area is 156 Å². The largest absolute Gasteiger partial charge is 0.339 e. The second-order valence-corrected chi connectivity index (χ2v) is 8.30. The average molecular weight is 397 g/mol. The second-order valence-electron chi connectivity index (χ2n) is 6.21. The van der Waals surface area contributed by atoms with Crippen LogP contribution in [-0.2, 0) is 10.0 Å². The Hall–Kier alpha value is -2.12. The van der Waals surface area contributed by atoms with Crippen LogP contribution in [0.2, 0.25) is 5.02 Å². The van der Waals surface area contributed by atoms with Crippen LogP contribution in [0.5, 0.6) is 0 Å². The zero-order chi connectivity index (χ0) is 18.9. The average Bonchev–Trinajstić information content (AvgIpc) is 3.12. The van der Waals surface area contributed by atoms with Gasteiger partial charge in [0.2, 0.25) is 0 Å². The number of halogens is 2. The van der Waals surface area contributed by atoms with E-state index >= 15 is 0 Å². The van der Waals surface area contributed by atoms with Crippen molar-refractivity contribution in [2.45, 2.75) is 24.7 Å². The molecular weight excluding hydrogens is 379 g/mol. The third kappa shape index (κ3) is 3.83. The molecule has 1 fully saturated rings. The Balaban J connectivity index is 1.91. The van der Waals surface area contributed by atoms with Gasteiger partial charge in [0.05, 0.1) is 15.6 Å². The minimum Gasteiger partial charge on any atom is -0.339 e. The molecule has 1 aliphatic rings. The summed E-state index contributed by atoms with van der Waals surface area (Å²) in [5.41, 5.74) is 1.22. The summed E-state index contributed by atoms with van der Waals surface area (Å²) in [6.45, 7) is 3.13. The topological polar surface area (TPSA) is 66.5 Å². The number of anilines is 1. The van der Waals surface area contributed by atoms with Gasteiger partial charge in [-0.2, -0.15) is 0 Å². The van der Waals surface area contributed by atoms with Crippen molar-refractivity contribution in [1.29, 1.82) is 0 Å². The molecule has 0 unspecified atom stereocenters. The molecule has 0 radical (unpaired) electrons. The van der Waals surface area contributed by atoms with E-state index in [-0.39, 0.29) is 21.5 Å². The fourth-order valence-electron chi connectivity index (χ4n) is 2.86. The van der Waals surface area contributed by atoms with Crippen molar-refractivity contribution in [2.75, 3.05) is 17.8 Å². The van der Waals surface area contributed by atoms with E-state index in [1.807, 2.05) is 0 Å². The molecule has 0 spiro atoms. The van der Waals surface area contributed by atoms with Crippen LogP contribution in [0, 0.1) is 12.7 Å². The molecule has 1 aliphatic heterocycles. The van der Waals surface area contributed by atoms with Crippen molar-refractivity contribution < 1.29 is 17.6 Å². The van der Waals surface area contributed by atoms with Gasteiger partial charge in [-0.25, -0.2) is 12.8 Å².